The van der Waals surface area contributed by atoms with Crippen LogP contribution >= 0.6 is 11.8 Å². The van der Waals surface area contributed by atoms with Gasteiger partial charge in [-0.3, -0.25) is 4.79 Å². The third-order valence-electron chi connectivity index (χ3n) is 3.53. The van der Waals surface area contributed by atoms with Crippen LogP contribution in [0.5, 0.6) is 11.5 Å². The third-order valence-corrected chi connectivity index (χ3v) is 4.44. The zero-order chi connectivity index (χ0) is 17.3. The molecule has 5 nitrogen and oxygen atoms in total. The van der Waals surface area contributed by atoms with Gasteiger partial charge < -0.3 is 15.5 Å². The van der Waals surface area contributed by atoms with Crippen molar-refractivity contribution in [1.82, 2.24) is 5.32 Å². The van der Waals surface area contributed by atoms with Crippen molar-refractivity contribution in [2.75, 3.05) is 0 Å². The van der Waals surface area contributed by atoms with Crippen LogP contribution in [0.4, 0.5) is 5.69 Å². The molecule has 1 saturated heterocycles. The number of phenolic OH excluding ortho intramolecular Hbond substituents is 2. The van der Waals surface area contributed by atoms with Crippen LogP contribution in [0.1, 0.15) is 16.7 Å². The molecule has 0 spiro atoms. The predicted molar refractivity (Wildman–Crippen MR) is 96.5 cm³/mol. The number of carbonyl (C=O) groups is 1. The van der Waals surface area contributed by atoms with E-state index in [2.05, 4.69) is 10.3 Å². The summed E-state index contributed by atoms with van der Waals surface area (Å²) in [5, 5.41) is 22.1. The molecule has 0 radical (unpaired) electrons. The minimum atomic E-state index is -0.239. The van der Waals surface area contributed by atoms with Gasteiger partial charge in [-0.15, -0.1) is 0 Å². The summed E-state index contributed by atoms with van der Waals surface area (Å²) in [6.45, 7) is 3.96. The fourth-order valence-electron chi connectivity index (χ4n) is 2.21. The van der Waals surface area contributed by atoms with Crippen molar-refractivity contribution in [3.63, 3.8) is 0 Å². The van der Waals surface area contributed by atoms with E-state index in [9.17, 15) is 15.0 Å². The van der Waals surface area contributed by atoms with E-state index < -0.39 is 0 Å². The molecule has 0 unspecified atom stereocenters. The molecule has 6 heteroatoms. The number of amidine groups is 1. The lowest BCUT2D eigenvalue weighted by molar-refractivity contribution is -0.115. The second kappa shape index (κ2) is 6.41. The van der Waals surface area contributed by atoms with E-state index in [1.807, 2.05) is 32.0 Å². The van der Waals surface area contributed by atoms with Crippen LogP contribution in [-0.2, 0) is 4.79 Å². The van der Waals surface area contributed by atoms with Crippen molar-refractivity contribution in [2.24, 2.45) is 4.99 Å². The first-order valence-electron chi connectivity index (χ1n) is 7.31. The molecule has 122 valence electrons. The van der Waals surface area contributed by atoms with Crippen LogP contribution in [0.25, 0.3) is 6.08 Å². The molecule has 3 rings (SSSR count). The first-order chi connectivity index (χ1) is 11.4. The van der Waals surface area contributed by atoms with Crippen molar-refractivity contribution in [3.8, 4) is 11.5 Å². The van der Waals surface area contributed by atoms with Crippen molar-refractivity contribution >= 4 is 34.6 Å². The molecule has 24 heavy (non-hydrogen) atoms. The Morgan fingerprint density at radius 3 is 2.62 bits per heavy atom. The molecule has 3 N–H and O–H groups in total. The Hall–Kier alpha value is -2.73. The Kier molecular flexibility index (Phi) is 4.31. The number of hydrogen-bond acceptors (Lipinski definition) is 5. The summed E-state index contributed by atoms with van der Waals surface area (Å²) in [4.78, 5) is 17.1. The van der Waals surface area contributed by atoms with Gasteiger partial charge in [0, 0.05) is 0 Å². The molecular formula is C18H16N2O3S. The Bertz CT molecular complexity index is 888. The van der Waals surface area contributed by atoms with E-state index in [-0.39, 0.29) is 17.4 Å². The molecule has 1 heterocycles. The van der Waals surface area contributed by atoms with Gasteiger partial charge in [-0.2, -0.15) is 0 Å². The summed E-state index contributed by atoms with van der Waals surface area (Å²) in [7, 11) is 0. The second-order valence-electron chi connectivity index (χ2n) is 5.52. The summed E-state index contributed by atoms with van der Waals surface area (Å²) in [5.41, 5.74) is 3.57. The Labute approximate surface area is 143 Å². The maximum Gasteiger partial charge on any atom is 0.264 e. The largest absolute Gasteiger partial charge is 0.504 e. The normalized spacial score (nSPS) is 17.5. The highest BCUT2D eigenvalue weighted by Gasteiger charge is 2.24. The molecule has 2 aromatic carbocycles. The smallest absolute Gasteiger partial charge is 0.264 e. The molecule has 1 aliphatic heterocycles. The maximum absolute atomic E-state index is 12.1. The van der Waals surface area contributed by atoms with Crippen molar-refractivity contribution < 1.29 is 15.0 Å². The highest BCUT2D eigenvalue weighted by molar-refractivity contribution is 8.18. The molecule has 1 amide bonds. The van der Waals surface area contributed by atoms with E-state index in [1.54, 1.807) is 12.1 Å². The topological polar surface area (TPSA) is 81.9 Å². The Morgan fingerprint density at radius 2 is 1.88 bits per heavy atom. The van der Waals surface area contributed by atoms with Gasteiger partial charge >= 0.3 is 0 Å². The van der Waals surface area contributed by atoms with Crippen LogP contribution in [-0.4, -0.2) is 21.3 Å². The summed E-state index contributed by atoms with van der Waals surface area (Å²) in [6.07, 6.45) is 1.64. The number of hydrogen-bond donors (Lipinski definition) is 3. The molecule has 1 fully saturated rings. The number of nitrogens with one attached hydrogen (secondary N) is 1. The summed E-state index contributed by atoms with van der Waals surface area (Å²) < 4.78 is 0. The first kappa shape index (κ1) is 16.1. The van der Waals surface area contributed by atoms with Crippen molar-refractivity contribution in [2.45, 2.75) is 13.8 Å². The minimum absolute atomic E-state index is 0.196. The van der Waals surface area contributed by atoms with E-state index in [4.69, 9.17) is 0 Å². The predicted octanol–water partition coefficient (Wildman–Crippen LogP) is 3.61. The fourth-order valence-corrected chi connectivity index (χ4v) is 3.05. The number of aryl methyl sites for hydroxylation is 2. The highest BCUT2D eigenvalue weighted by Crippen LogP contribution is 2.31. The van der Waals surface area contributed by atoms with Gasteiger partial charge in [-0.25, -0.2) is 4.99 Å². The van der Waals surface area contributed by atoms with E-state index in [1.165, 1.54) is 23.9 Å². The fraction of sp³-hybridized carbons (Fsp3) is 0.111. The lowest BCUT2D eigenvalue weighted by Gasteiger charge is -2.02. The third kappa shape index (κ3) is 3.44. The monoisotopic (exact) mass is 340 g/mol. The SMILES string of the molecule is Cc1ccc(C)c(N=C2NC(=O)/C(=C/c3ccc(O)c(O)c3)S2)c1. The standard InChI is InChI=1S/C18H16N2O3S/c1-10-3-4-11(2)13(7-10)19-18-20-17(23)16(24-18)9-12-5-6-14(21)15(22)8-12/h3-9,21-22H,1-2H3,(H,19,20,23)/b16-9-. The molecule has 2 aromatic rings. The van der Waals surface area contributed by atoms with Gasteiger partial charge in [0.1, 0.15) is 0 Å². The molecular weight excluding hydrogens is 324 g/mol. The number of aliphatic imine (C=N–C) groups is 1. The maximum atomic E-state index is 12.1. The molecule has 1 aliphatic rings. The summed E-state index contributed by atoms with van der Waals surface area (Å²) >= 11 is 1.24. The van der Waals surface area contributed by atoms with E-state index >= 15 is 0 Å². The number of phenols is 2. The lowest BCUT2D eigenvalue weighted by Crippen LogP contribution is -2.19. The highest BCUT2D eigenvalue weighted by atomic mass is 32.2. The van der Waals surface area contributed by atoms with Crippen LogP contribution in [0, 0.1) is 13.8 Å². The summed E-state index contributed by atoms with van der Waals surface area (Å²) in [6, 6.07) is 10.4. The van der Waals surface area contributed by atoms with Gasteiger partial charge in [0.15, 0.2) is 16.7 Å². The average molecular weight is 340 g/mol. The number of benzene rings is 2. The van der Waals surface area contributed by atoms with Crippen molar-refractivity contribution in [3.05, 3.63) is 58.0 Å². The number of thioether (sulfide) groups is 1. The number of rotatable bonds is 2. The quantitative estimate of drug-likeness (QED) is 0.576. The first-order valence-corrected chi connectivity index (χ1v) is 8.13. The number of carbonyl (C=O) groups excluding carboxylic acids is 1. The molecule has 0 aliphatic carbocycles. The van der Waals surface area contributed by atoms with E-state index in [0.717, 1.165) is 16.8 Å². The van der Waals surface area contributed by atoms with Gasteiger partial charge in [-0.05, 0) is 66.6 Å². The second-order valence-corrected chi connectivity index (χ2v) is 6.55. The molecule has 0 aromatic heterocycles. The average Bonchev–Trinajstić information content (AvgIpc) is 2.86. The van der Waals surface area contributed by atoms with Crippen LogP contribution in [0.2, 0.25) is 0 Å². The molecule has 0 bridgehead atoms. The Morgan fingerprint density at radius 1 is 1.08 bits per heavy atom. The van der Waals surface area contributed by atoms with Crippen LogP contribution < -0.4 is 5.32 Å². The minimum Gasteiger partial charge on any atom is -0.504 e. The van der Waals surface area contributed by atoms with Gasteiger partial charge in [0.05, 0.1) is 10.6 Å². The number of amides is 1. The van der Waals surface area contributed by atoms with Crippen molar-refractivity contribution in [1.29, 1.82) is 0 Å². The zero-order valence-corrected chi connectivity index (χ0v) is 14.0. The summed E-state index contributed by atoms with van der Waals surface area (Å²) in [5.74, 6) is -0.661. The molecule has 0 saturated carbocycles. The molecule has 0 atom stereocenters. The van der Waals surface area contributed by atoms with Crippen LogP contribution in [0.3, 0.4) is 0 Å². The zero-order valence-electron chi connectivity index (χ0n) is 13.2. The number of aromatic hydroxyl groups is 2. The lowest BCUT2D eigenvalue weighted by atomic mass is 10.1. The Balaban J connectivity index is 1.87. The van der Waals surface area contributed by atoms with Gasteiger partial charge in [0.25, 0.3) is 5.91 Å². The van der Waals surface area contributed by atoms with Gasteiger partial charge in [0.2, 0.25) is 0 Å². The van der Waals surface area contributed by atoms with Gasteiger partial charge in [-0.1, -0.05) is 18.2 Å². The number of nitrogens with zero attached hydrogens (tertiary/aromatic N) is 1. The van der Waals surface area contributed by atoms with E-state index in [0.29, 0.717) is 15.6 Å². The van der Waals surface area contributed by atoms with Crippen LogP contribution in [0.15, 0.2) is 46.3 Å².